The van der Waals surface area contributed by atoms with Gasteiger partial charge in [0, 0.05) is 5.56 Å². The molecule has 1 aromatic carbocycles. The zero-order valence-corrected chi connectivity index (χ0v) is 16.7. The number of carbonyl (C=O) groups excluding carboxylic acids is 1. The van der Waals surface area contributed by atoms with Gasteiger partial charge in [0.15, 0.2) is 5.79 Å². The predicted molar refractivity (Wildman–Crippen MR) is 99.3 cm³/mol. The fourth-order valence-electron chi connectivity index (χ4n) is 2.79. The van der Waals surface area contributed by atoms with Crippen molar-refractivity contribution in [3.63, 3.8) is 0 Å². The molecule has 1 aliphatic heterocycles. The Balaban J connectivity index is 2.12. The zero-order valence-electron chi connectivity index (χ0n) is 16.7. The number of nitrogens with one attached hydrogen (secondary N) is 1. The molecule has 1 aromatic rings. The van der Waals surface area contributed by atoms with Gasteiger partial charge in [0.05, 0.1) is 18.8 Å². The SMILES string of the molecule is CC(C)(C)OC(=O)NC1(CCc2ccc(O)c(CF)c2)COC(C)(C)OC1. The van der Waals surface area contributed by atoms with E-state index in [9.17, 15) is 14.3 Å². The van der Waals surface area contributed by atoms with E-state index in [1.807, 2.05) is 13.8 Å². The molecule has 0 bridgehead atoms. The Hall–Kier alpha value is -1.86. The average molecular weight is 383 g/mol. The number of ether oxygens (including phenoxy) is 3. The van der Waals surface area contributed by atoms with Crippen LogP contribution in [0.25, 0.3) is 0 Å². The molecule has 0 spiro atoms. The van der Waals surface area contributed by atoms with Crippen molar-refractivity contribution in [3.8, 4) is 5.75 Å². The minimum absolute atomic E-state index is 0.0612. The third-order valence-corrected chi connectivity index (χ3v) is 4.34. The fraction of sp³-hybridized carbons (Fsp3) is 0.650. The van der Waals surface area contributed by atoms with E-state index >= 15 is 0 Å². The fourth-order valence-corrected chi connectivity index (χ4v) is 2.79. The molecule has 7 heteroatoms. The number of phenolic OH excluding ortho intramolecular Hbond substituents is 1. The largest absolute Gasteiger partial charge is 0.508 e. The van der Waals surface area contributed by atoms with Crippen LogP contribution in [0.15, 0.2) is 18.2 Å². The van der Waals surface area contributed by atoms with Crippen molar-refractivity contribution in [3.05, 3.63) is 29.3 Å². The molecule has 6 nitrogen and oxygen atoms in total. The molecule has 2 N–H and O–H groups in total. The lowest BCUT2D eigenvalue weighted by Gasteiger charge is -2.44. The molecule has 27 heavy (non-hydrogen) atoms. The van der Waals surface area contributed by atoms with Gasteiger partial charge in [-0.15, -0.1) is 0 Å². The van der Waals surface area contributed by atoms with E-state index in [2.05, 4.69) is 5.32 Å². The first-order chi connectivity index (χ1) is 12.4. The number of carbonyl (C=O) groups is 1. The number of hydrogen-bond acceptors (Lipinski definition) is 5. The summed E-state index contributed by atoms with van der Waals surface area (Å²) in [5, 5.41) is 12.5. The number of halogens is 1. The van der Waals surface area contributed by atoms with E-state index in [0.29, 0.717) is 12.8 Å². The second-order valence-corrected chi connectivity index (χ2v) is 8.48. The van der Waals surface area contributed by atoms with E-state index in [0.717, 1.165) is 5.56 Å². The Labute approximate surface area is 160 Å². The number of amides is 1. The van der Waals surface area contributed by atoms with E-state index in [4.69, 9.17) is 14.2 Å². The van der Waals surface area contributed by atoms with Crippen molar-refractivity contribution >= 4 is 6.09 Å². The number of alkyl carbamates (subject to hydrolysis) is 1. The lowest BCUT2D eigenvalue weighted by Crippen LogP contribution is -2.61. The lowest BCUT2D eigenvalue weighted by atomic mass is 9.91. The second-order valence-electron chi connectivity index (χ2n) is 8.48. The van der Waals surface area contributed by atoms with Crippen LogP contribution in [0.2, 0.25) is 0 Å². The number of benzene rings is 1. The summed E-state index contributed by atoms with van der Waals surface area (Å²) in [6.45, 7) is 8.83. The zero-order chi connectivity index (χ0) is 20.3. The van der Waals surface area contributed by atoms with Crippen LogP contribution >= 0.6 is 0 Å². The molecule has 0 radical (unpaired) electrons. The maximum atomic E-state index is 13.0. The van der Waals surface area contributed by atoms with Crippen LogP contribution < -0.4 is 5.32 Å². The lowest BCUT2D eigenvalue weighted by molar-refractivity contribution is -0.271. The minimum atomic E-state index is -0.758. The maximum Gasteiger partial charge on any atom is 0.408 e. The van der Waals surface area contributed by atoms with Crippen LogP contribution in [-0.2, 0) is 27.3 Å². The van der Waals surface area contributed by atoms with E-state index in [1.54, 1.807) is 32.9 Å². The van der Waals surface area contributed by atoms with Crippen molar-refractivity contribution in [2.75, 3.05) is 13.2 Å². The predicted octanol–water partition coefficient (Wildman–Crippen LogP) is 3.84. The molecule has 0 unspecified atom stereocenters. The van der Waals surface area contributed by atoms with Gasteiger partial charge in [-0.3, -0.25) is 0 Å². The van der Waals surface area contributed by atoms with Crippen LogP contribution in [-0.4, -0.2) is 41.3 Å². The first-order valence-electron chi connectivity index (χ1n) is 9.09. The van der Waals surface area contributed by atoms with Crippen LogP contribution in [0.1, 0.15) is 52.2 Å². The summed E-state index contributed by atoms with van der Waals surface area (Å²) in [4.78, 5) is 12.3. The van der Waals surface area contributed by atoms with Gasteiger partial charge in [0.1, 0.15) is 18.0 Å². The van der Waals surface area contributed by atoms with Gasteiger partial charge in [-0.25, -0.2) is 9.18 Å². The van der Waals surface area contributed by atoms with Crippen LogP contribution in [0, 0.1) is 0 Å². The number of alkyl halides is 1. The van der Waals surface area contributed by atoms with Gasteiger partial charge in [0.2, 0.25) is 0 Å². The molecule has 0 saturated carbocycles. The van der Waals surface area contributed by atoms with Crippen molar-refractivity contribution in [2.24, 2.45) is 0 Å². The summed E-state index contributed by atoms with van der Waals surface area (Å²) in [6.07, 6.45) is 0.527. The smallest absolute Gasteiger partial charge is 0.408 e. The Bertz CT molecular complexity index is 659. The molecule has 0 aromatic heterocycles. The van der Waals surface area contributed by atoms with Gasteiger partial charge >= 0.3 is 6.09 Å². The third kappa shape index (κ3) is 6.36. The molecule has 1 fully saturated rings. The van der Waals surface area contributed by atoms with E-state index in [-0.39, 0.29) is 24.5 Å². The highest BCUT2D eigenvalue weighted by atomic mass is 19.1. The van der Waals surface area contributed by atoms with Gasteiger partial charge in [0.25, 0.3) is 0 Å². The highest BCUT2D eigenvalue weighted by Gasteiger charge is 2.41. The molecule has 1 heterocycles. The summed E-state index contributed by atoms with van der Waals surface area (Å²) in [6, 6.07) is 4.85. The van der Waals surface area contributed by atoms with Crippen molar-refractivity contribution in [2.45, 2.75) is 71.1 Å². The second kappa shape index (κ2) is 8.02. The molecule has 0 atom stereocenters. The number of aryl methyl sites for hydroxylation is 1. The molecule has 1 saturated heterocycles. The summed E-state index contributed by atoms with van der Waals surface area (Å²) < 4.78 is 29.9. The summed E-state index contributed by atoms with van der Waals surface area (Å²) in [7, 11) is 0. The maximum absolute atomic E-state index is 13.0. The highest BCUT2D eigenvalue weighted by Crippen LogP contribution is 2.28. The monoisotopic (exact) mass is 383 g/mol. The quantitative estimate of drug-likeness (QED) is 0.808. The highest BCUT2D eigenvalue weighted by molar-refractivity contribution is 5.69. The summed E-state index contributed by atoms with van der Waals surface area (Å²) in [5.74, 6) is -0.784. The average Bonchev–Trinajstić information content (AvgIpc) is 2.55. The van der Waals surface area contributed by atoms with Gasteiger partial charge in [-0.05, 0) is 65.2 Å². The Kier molecular flexibility index (Phi) is 6.37. The van der Waals surface area contributed by atoms with Crippen LogP contribution in [0.5, 0.6) is 5.75 Å². The molecular formula is C20H30FNO5. The first kappa shape index (κ1) is 21.4. The molecule has 2 rings (SSSR count). The third-order valence-electron chi connectivity index (χ3n) is 4.34. The number of phenols is 1. The topological polar surface area (TPSA) is 77.0 Å². The Morgan fingerprint density at radius 1 is 1.30 bits per heavy atom. The van der Waals surface area contributed by atoms with Gasteiger partial charge < -0.3 is 24.6 Å². The van der Waals surface area contributed by atoms with E-state index < -0.39 is 29.7 Å². The number of hydrogen-bond donors (Lipinski definition) is 2. The Morgan fingerprint density at radius 3 is 2.48 bits per heavy atom. The summed E-state index contributed by atoms with van der Waals surface area (Å²) >= 11 is 0. The van der Waals surface area contributed by atoms with Crippen LogP contribution in [0.4, 0.5) is 9.18 Å². The normalized spacial score (nSPS) is 18.7. The molecule has 1 aliphatic rings. The van der Waals surface area contributed by atoms with E-state index in [1.165, 1.54) is 6.07 Å². The summed E-state index contributed by atoms with van der Waals surface area (Å²) in [5.41, 5.74) is -0.269. The Morgan fingerprint density at radius 2 is 1.93 bits per heavy atom. The van der Waals surface area contributed by atoms with Gasteiger partial charge in [-0.1, -0.05) is 6.07 Å². The molecule has 1 amide bonds. The standard InChI is InChI=1S/C20H30FNO5/c1-18(2,3)27-17(24)22-20(12-25-19(4,5)26-13-20)9-8-14-6-7-16(23)15(10-14)11-21/h6-7,10,23H,8-9,11-13H2,1-5H3,(H,22,24). The molecule has 0 aliphatic carbocycles. The number of rotatable bonds is 5. The number of aromatic hydroxyl groups is 1. The minimum Gasteiger partial charge on any atom is -0.508 e. The van der Waals surface area contributed by atoms with Crippen molar-refractivity contribution < 1.29 is 28.5 Å². The van der Waals surface area contributed by atoms with Crippen molar-refractivity contribution in [1.82, 2.24) is 5.32 Å². The van der Waals surface area contributed by atoms with Crippen molar-refractivity contribution in [1.29, 1.82) is 0 Å². The molecule has 152 valence electrons. The molecular weight excluding hydrogens is 353 g/mol. The van der Waals surface area contributed by atoms with Crippen LogP contribution in [0.3, 0.4) is 0 Å². The van der Waals surface area contributed by atoms with Gasteiger partial charge in [-0.2, -0.15) is 0 Å². The first-order valence-corrected chi connectivity index (χ1v) is 9.09.